The number of piperazine rings is 1. The second-order valence-corrected chi connectivity index (χ2v) is 6.73. The van der Waals surface area contributed by atoms with E-state index >= 15 is 0 Å². The summed E-state index contributed by atoms with van der Waals surface area (Å²) in [7, 11) is -3.53. The van der Waals surface area contributed by atoms with Crippen LogP contribution in [0.4, 0.5) is 0 Å². The number of nitrogens with one attached hydrogen (secondary N) is 1. The van der Waals surface area contributed by atoms with Gasteiger partial charge < -0.3 is 11.1 Å². The molecule has 1 aromatic rings. The molecule has 7 heteroatoms. The van der Waals surface area contributed by atoms with Crippen LogP contribution in [-0.2, 0) is 27.1 Å². The van der Waals surface area contributed by atoms with E-state index in [4.69, 9.17) is 5.73 Å². The van der Waals surface area contributed by atoms with Crippen molar-refractivity contribution in [1.29, 1.82) is 0 Å². The van der Waals surface area contributed by atoms with Gasteiger partial charge in [0, 0.05) is 19.6 Å². The minimum atomic E-state index is -3.53. The van der Waals surface area contributed by atoms with Gasteiger partial charge in [-0.2, -0.15) is 4.31 Å². The van der Waals surface area contributed by atoms with Gasteiger partial charge in [0.25, 0.3) is 0 Å². The maximum absolute atomic E-state index is 12.5. The van der Waals surface area contributed by atoms with Crippen LogP contribution in [0.3, 0.4) is 0 Å². The molecular weight excluding hydrogens is 278 g/mol. The molecule has 6 nitrogen and oxygen atoms in total. The molecule has 0 radical (unpaired) electrons. The number of hydrogen-bond donors (Lipinski definition) is 2. The van der Waals surface area contributed by atoms with E-state index in [0.717, 1.165) is 5.56 Å². The topological polar surface area (TPSA) is 92.5 Å². The van der Waals surface area contributed by atoms with E-state index in [9.17, 15) is 13.2 Å². The first-order valence-electron chi connectivity index (χ1n) is 6.50. The number of benzene rings is 1. The largest absolute Gasteiger partial charge is 0.353 e. The molecule has 1 aliphatic heterocycles. The monoisotopic (exact) mass is 297 g/mol. The predicted molar refractivity (Wildman–Crippen MR) is 76.1 cm³/mol. The predicted octanol–water partition coefficient (Wildman–Crippen LogP) is -0.205. The Morgan fingerprint density at radius 1 is 1.35 bits per heavy atom. The van der Waals surface area contributed by atoms with Crippen LogP contribution in [0.15, 0.2) is 24.3 Å². The molecule has 1 fully saturated rings. The first-order valence-corrected chi connectivity index (χ1v) is 8.10. The molecule has 0 saturated carbocycles. The number of sulfonamides is 1. The minimum absolute atomic E-state index is 0.127. The summed E-state index contributed by atoms with van der Waals surface area (Å²) in [6, 6.07) is 6.52. The first-order chi connectivity index (χ1) is 9.45. The van der Waals surface area contributed by atoms with E-state index < -0.39 is 16.1 Å². The summed E-state index contributed by atoms with van der Waals surface area (Å²) in [4.78, 5) is 11.6. The average Bonchev–Trinajstić information content (AvgIpc) is 2.42. The molecule has 1 aliphatic rings. The van der Waals surface area contributed by atoms with Gasteiger partial charge in [-0.05, 0) is 18.1 Å². The van der Waals surface area contributed by atoms with Crippen molar-refractivity contribution in [3.05, 3.63) is 35.4 Å². The lowest BCUT2D eigenvalue weighted by Crippen LogP contribution is -2.55. The number of rotatable bonds is 4. The molecular formula is C13H19N3O3S. The third-order valence-corrected chi connectivity index (χ3v) is 5.37. The molecule has 3 N–H and O–H groups in total. The maximum atomic E-state index is 12.5. The van der Waals surface area contributed by atoms with Crippen molar-refractivity contribution in [2.75, 3.05) is 13.1 Å². The van der Waals surface area contributed by atoms with Crippen molar-refractivity contribution in [2.45, 2.75) is 25.3 Å². The Hall–Kier alpha value is -1.44. The third kappa shape index (κ3) is 3.00. The van der Waals surface area contributed by atoms with E-state index in [-0.39, 0.29) is 11.7 Å². The number of hydrogen-bond acceptors (Lipinski definition) is 4. The van der Waals surface area contributed by atoms with Crippen LogP contribution in [0.1, 0.15) is 18.1 Å². The normalized spacial score (nSPS) is 20.7. The highest BCUT2D eigenvalue weighted by Gasteiger charge is 2.34. The molecule has 20 heavy (non-hydrogen) atoms. The average molecular weight is 297 g/mol. The zero-order valence-corrected chi connectivity index (χ0v) is 12.2. The molecule has 1 atom stereocenters. The first kappa shape index (κ1) is 15.0. The van der Waals surface area contributed by atoms with Gasteiger partial charge in [-0.1, -0.05) is 24.3 Å². The standard InChI is InChI=1S/C13H19N3O3S/c1-10-13(17)15-6-7-16(10)20(18,19)9-12-5-3-2-4-11(12)8-14/h2-5,10H,6-9,14H2,1H3,(H,15,17). The molecule has 1 saturated heterocycles. The summed E-state index contributed by atoms with van der Waals surface area (Å²) in [6.07, 6.45) is 0. The van der Waals surface area contributed by atoms with Gasteiger partial charge in [-0.15, -0.1) is 0 Å². The highest BCUT2D eigenvalue weighted by atomic mass is 32.2. The van der Waals surface area contributed by atoms with Crippen molar-refractivity contribution in [3.8, 4) is 0 Å². The van der Waals surface area contributed by atoms with Gasteiger partial charge in [-0.3, -0.25) is 4.79 Å². The second-order valence-electron chi connectivity index (χ2n) is 4.81. The van der Waals surface area contributed by atoms with Crippen LogP contribution in [0.25, 0.3) is 0 Å². The van der Waals surface area contributed by atoms with Crippen molar-refractivity contribution < 1.29 is 13.2 Å². The number of carbonyl (C=O) groups is 1. The van der Waals surface area contributed by atoms with Crippen LogP contribution in [-0.4, -0.2) is 37.8 Å². The van der Waals surface area contributed by atoms with Crippen molar-refractivity contribution >= 4 is 15.9 Å². The lowest BCUT2D eigenvalue weighted by atomic mass is 10.1. The molecule has 110 valence electrons. The fraction of sp³-hybridized carbons (Fsp3) is 0.462. The van der Waals surface area contributed by atoms with Gasteiger partial charge in [0.1, 0.15) is 6.04 Å². The van der Waals surface area contributed by atoms with Gasteiger partial charge in [0.05, 0.1) is 5.75 Å². The highest BCUT2D eigenvalue weighted by Crippen LogP contribution is 2.18. The van der Waals surface area contributed by atoms with Crippen LogP contribution < -0.4 is 11.1 Å². The zero-order valence-electron chi connectivity index (χ0n) is 11.4. The van der Waals surface area contributed by atoms with Crippen LogP contribution in [0, 0.1) is 0 Å². The van der Waals surface area contributed by atoms with Crippen molar-refractivity contribution in [2.24, 2.45) is 5.73 Å². The van der Waals surface area contributed by atoms with Crippen LogP contribution in [0.2, 0.25) is 0 Å². The molecule has 1 unspecified atom stereocenters. The summed E-state index contributed by atoms with van der Waals surface area (Å²) < 4.78 is 26.2. The van der Waals surface area contributed by atoms with Crippen LogP contribution >= 0.6 is 0 Å². The molecule has 1 heterocycles. The van der Waals surface area contributed by atoms with Crippen molar-refractivity contribution in [3.63, 3.8) is 0 Å². The Bertz CT molecular complexity index is 601. The van der Waals surface area contributed by atoms with Crippen LogP contribution in [0.5, 0.6) is 0 Å². The number of amides is 1. The lowest BCUT2D eigenvalue weighted by molar-refractivity contribution is -0.126. The number of nitrogens with two attached hydrogens (primary N) is 1. The SMILES string of the molecule is CC1C(=O)NCCN1S(=O)(=O)Cc1ccccc1CN. The Morgan fingerprint density at radius 3 is 2.65 bits per heavy atom. The third-order valence-electron chi connectivity index (χ3n) is 3.48. The smallest absolute Gasteiger partial charge is 0.238 e. The molecule has 1 amide bonds. The molecule has 2 rings (SSSR count). The summed E-state index contributed by atoms with van der Waals surface area (Å²) in [5.74, 6) is -0.384. The van der Waals surface area contributed by atoms with E-state index in [1.54, 1.807) is 19.1 Å². The van der Waals surface area contributed by atoms with E-state index in [0.29, 0.717) is 25.2 Å². The van der Waals surface area contributed by atoms with E-state index in [2.05, 4.69) is 5.32 Å². The molecule has 1 aromatic carbocycles. The van der Waals surface area contributed by atoms with E-state index in [1.165, 1.54) is 4.31 Å². The summed E-state index contributed by atoms with van der Waals surface area (Å²) in [6.45, 7) is 2.55. The Labute approximate surface area is 119 Å². The second kappa shape index (κ2) is 5.90. The number of carbonyl (C=O) groups excluding carboxylic acids is 1. The Morgan fingerprint density at radius 2 is 2.00 bits per heavy atom. The minimum Gasteiger partial charge on any atom is -0.353 e. The fourth-order valence-electron chi connectivity index (χ4n) is 2.32. The Kier molecular flexibility index (Phi) is 4.42. The zero-order chi connectivity index (χ0) is 14.8. The van der Waals surface area contributed by atoms with Gasteiger partial charge in [-0.25, -0.2) is 8.42 Å². The highest BCUT2D eigenvalue weighted by molar-refractivity contribution is 7.88. The van der Waals surface area contributed by atoms with E-state index in [1.807, 2.05) is 12.1 Å². The summed E-state index contributed by atoms with van der Waals surface area (Å²) in [5, 5.41) is 2.66. The lowest BCUT2D eigenvalue weighted by Gasteiger charge is -2.32. The molecule has 0 aliphatic carbocycles. The summed E-state index contributed by atoms with van der Waals surface area (Å²) in [5.41, 5.74) is 7.12. The molecule has 0 bridgehead atoms. The number of nitrogens with zero attached hydrogens (tertiary/aromatic N) is 1. The van der Waals surface area contributed by atoms with Gasteiger partial charge >= 0.3 is 0 Å². The van der Waals surface area contributed by atoms with Gasteiger partial charge in [0.2, 0.25) is 15.9 Å². The Balaban J connectivity index is 2.25. The molecule has 0 aromatic heterocycles. The van der Waals surface area contributed by atoms with Gasteiger partial charge in [0.15, 0.2) is 0 Å². The maximum Gasteiger partial charge on any atom is 0.238 e. The quantitative estimate of drug-likeness (QED) is 0.804. The summed E-state index contributed by atoms with van der Waals surface area (Å²) >= 11 is 0. The van der Waals surface area contributed by atoms with Crippen molar-refractivity contribution in [1.82, 2.24) is 9.62 Å². The molecule has 0 spiro atoms. The fourth-order valence-corrected chi connectivity index (χ4v) is 4.11.